The number of aliphatic hydroxyl groups excluding tert-OH is 1. The zero-order valence-electron chi connectivity index (χ0n) is 13.2. The first-order valence-corrected chi connectivity index (χ1v) is 8.28. The van der Waals surface area contributed by atoms with Gasteiger partial charge in [0, 0.05) is 44.3 Å². The largest absolute Gasteiger partial charge is 0.396 e. The molecule has 0 radical (unpaired) electrons. The summed E-state index contributed by atoms with van der Waals surface area (Å²) in [5, 5.41) is 13.0. The van der Waals surface area contributed by atoms with Crippen molar-refractivity contribution in [2.75, 3.05) is 46.0 Å². The SMILES string of the molecule is CC(C)NCC1(CN2CCCC(CO)C2)CCCOC1. The van der Waals surface area contributed by atoms with Crippen LogP contribution in [0.2, 0.25) is 0 Å². The third kappa shape index (κ3) is 4.69. The maximum absolute atomic E-state index is 9.39. The molecule has 2 N–H and O–H groups in total. The number of ether oxygens (including phenoxy) is 1. The summed E-state index contributed by atoms with van der Waals surface area (Å²) in [5.41, 5.74) is 0.264. The normalized spacial score (nSPS) is 32.7. The summed E-state index contributed by atoms with van der Waals surface area (Å²) in [4.78, 5) is 2.56. The van der Waals surface area contributed by atoms with E-state index in [1.807, 2.05) is 0 Å². The lowest BCUT2D eigenvalue weighted by atomic mass is 9.80. The fraction of sp³-hybridized carbons (Fsp3) is 1.00. The van der Waals surface area contributed by atoms with E-state index in [9.17, 15) is 5.11 Å². The van der Waals surface area contributed by atoms with Crippen LogP contribution in [-0.2, 0) is 4.74 Å². The molecular weight excluding hydrogens is 252 g/mol. The predicted molar refractivity (Wildman–Crippen MR) is 81.9 cm³/mol. The van der Waals surface area contributed by atoms with Crippen LogP contribution >= 0.6 is 0 Å². The molecule has 20 heavy (non-hydrogen) atoms. The summed E-state index contributed by atoms with van der Waals surface area (Å²) in [5.74, 6) is 0.475. The lowest BCUT2D eigenvalue weighted by molar-refractivity contribution is -0.0346. The Morgan fingerprint density at radius 1 is 1.40 bits per heavy atom. The molecule has 0 aromatic carbocycles. The molecule has 2 saturated heterocycles. The van der Waals surface area contributed by atoms with E-state index in [-0.39, 0.29) is 5.41 Å². The van der Waals surface area contributed by atoms with Crippen LogP contribution in [-0.4, -0.2) is 62.0 Å². The number of piperidine rings is 1. The van der Waals surface area contributed by atoms with Gasteiger partial charge in [0.1, 0.15) is 0 Å². The van der Waals surface area contributed by atoms with Crippen molar-refractivity contribution in [3.05, 3.63) is 0 Å². The van der Waals surface area contributed by atoms with Crippen LogP contribution in [0.1, 0.15) is 39.5 Å². The van der Waals surface area contributed by atoms with Gasteiger partial charge in [-0.05, 0) is 38.1 Å². The van der Waals surface area contributed by atoms with Crippen molar-refractivity contribution >= 4 is 0 Å². The molecule has 2 aliphatic rings. The number of hydrogen-bond donors (Lipinski definition) is 2. The van der Waals surface area contributed by atoms with E-state index in [0.717, 1.165) is 32.8 Å². The van der Waals surface area contributed by atoms with Gasteiger partial charge in [-0.3, -0.25) is 0 Å². The number of nitrogens with zero attached hydrogens (tertiary/aromatic N) is 1. The average Bonchev–Trinajstić information content (AvgIpc) is 2.46. The molecule has 0 bridgehead atoms. The zero-order valence-corrected chi connectivity index (χ0v) is 13.2. The highest BCUT2D eigenvalue weighted by atomic mass is 16.5. The lowest BCUT2D eigenvalue weighted by Gasteiger charge is -2.43. The second kappa shape index (κ2) is 7.74. The number of rotatable bonds is 6. The van der Waals surface area contributed by atoms with Crippen molar-refractivity contribution < 1.29 is 9.84 Å². The molecule has 2 fully saturated rings. The van der Waals surface area contributed by atoms with Gasteiger partial charge in [0.25, 0.3) is 0 Å². The van der Waals surface area contributed by atoms with E-state index in [0.29, 0.717) is 18.6 Å². The lowest BCUT2D eigenvalue weighted by Crippen LogP contribution is -2.52. The first-order chi connectivity index (χ1) is 9.63. The molecule has 0 aromatic heterocycles. The van der Waals surface area contributed by atoms with E-state index < -0.39 is 0 Å². The molecule has 0 saturated carbocycles. The van der Waals surface area contributed by atoms with E-state index in [4.69, 9.17) is 4.74 Å². The number of aliphatic hydroxyl groups is 1. The second-order valence-electron chi connectivity index (χ2n) is 7.12. The summed E-state index contributed by atoms with van der Waals surface area (Å²) in [7, 11) is 0. The summed E-state index contributed by atoms with van der Waals surface area (Å²) < 4.78 is 5.80. The van der Waals surface area contributed by atoms with Gasteiger partial charge in [-0.1, -0.05) is 13.8 Å². The van der Waals surface area contributed by atoms with Gasteiger partial charge < -0.3 is 20.1 Å². The van der Waals surface area contributed by atoms with Gasteiger partial charge in [-0.2, -0.15) is 0 Å². The molecule has 2 rings (SSSR count). The Bertz CT molecular complexity index is 278. The van der Waals surface area contributed by atoms with Gasteiger partial charge in [-0.25, -0.2) is 0 Å². The molecule has 0 spiro atoms. The molecule has 2 heterocycles. The molecule has 4 heteroatoms. The van der Waals surface area contributed by atoms with Crippen LogP contribution in [0, 0.1) is 11.3 Å². The third-order valence-electron chi connectivity index (χ3n) is 4.71. The molecule has 0 aromatic rings. The van der Waals surface area contributed by atoms with Crippen molar-refractivity contribution in [3.8, 4) is 0 Å². The predicted octanol–water partition coefficient (Wildman–Crippen LogP) is 1.49. The summed E-state index contributed by atoms with van der Waals surface area (Å²) >= 11 is 0. The maximum Gasteiger partial charge on any atom is 0.0546 e. The van der Waals surface area contributed by atoms with Gasteiger partial charge >= 0.3 is 0 Å². The van der Waals surface area contributed by atoms with E-state index in [2.05, 4.69) is 24.1 Å². The molecule has 2 unspecified atom stereocenters. The molecule has 4 nitrogen and oxygen atoms in total. The van der Waals surface area contributed by atoms with E-state index in [1.165, 1.54) is 32.2 Å². The van der Waals surface area contributed by atoms with Crippen LogP contribution in [0.4, 0.5) is 0 Å². The second-order valence-corrected chi connectivity index (χ2v) is 7.12. The Kier molecular flexibility index (Phi) is 6.27. The Balaban J connectivity index is 1.92. The first kappa shape index (κ1) is 16.2. The van der Waals surface area contributed by atoms with Crippen molar-refractivity contribution in [1.29, 1.82) is 0 Å². The molecular formula is C16H32N2O2. The third-order valence-corrected chi connectivity index (χ3v) is 4.71. The Morgan fingerprint density at radius 2 is 2.25 bits per heavy atom. The van der Waals surface area contributed by atoms with Crippen LogP contribution in [0.3, 0.4) is 0 Å². The van der Waals surface area contributed by atoms with Crippen molar-refractivity contribution in [1.82, 2.24) is 10.2 Å². The number of likely N-dealkylation sites (tertiary alicyclic amines) is 1. The van der Waals surface area contributed by atoms with Crippen LogP contribution in [0.5, 0.6) is 0 Å². The van der Waals surface area contributed by atoms with Crippen LogP contribution < -0.4 is 5.32 Å². The fourth-order valence-corrected chi connectivity index (χ4v) is 3.57. The molecule has 0 amide bonds. The van der Waals surface area contributed by atoms with Gasteiger partial charge in [0.15, 0.2) is 0 Å². The highest BCUT2D eigenvalue weighted by molar-refractivity contribution is 4.89. The summed E-state index contributed by atoms with van der Waals surface area (Å²) in [6.45, 7) is 11.0. The van der Waals surface area contributed by atoms with Crippen molar-refractivity contribution in [3.63, 3.8) is 0 Å². The molecule has 2 aliphatic heterocycles. The first-order valence-electron chi connectivity index (χ1n) is 8.28. The van der Waals surface area contributed by atoms with Crippen molar-refractivity contribution in [2.24, 2.45) is 11.3 Å². The minimum Gasteiger partial charge on any atom is -0.396 e. The monoisotopic (exact) mass is 284 g/mol. The average molecular weight is 284 g/mol. The summed E-state index contributed by atoms with van der Waals surface area (Å²) in [6.07, 6.45) is 4.84. The standard InChI is InChI=1S/C16H32N2O2/c1-14(2)17-11-16(6-4-8-20-13-16)12-18-7-3-5-15(9-18)10-19/h14-15,17,19H,3-13H2,1-2H3. The van der Waals surface area contributed by atoms with Gasteiger partial charge in [-0.15, -0.1) is 0 Å². The van der Waals surface area contributed by atoms with Gasteiger partial charge in [0.05, 0.1) is 6.61 Å². The Labute approximate surface area is 123 Å². The van der Waals surface area contributed by atoms with Crippen molar-refractivity contribution in [2.45, 2.75) is 45.6 Å². The van der Waals surface area contributed by atoms with E-state index >= 15 is 0 Å². The quantitative estimate of drug-likeness (QED) is 0.775. The molecule has 0 aliphatic carbocycles. The molecule has 2 atom stereocenters. The number of hydrogen-bond acceptors (Lipinski definition) is 4. The minimum atomic E-state index is 0.264. The highest BCUT2D eigenvalue weighted by Crippen LogP contribution is 2.31. The number of nitrogens with one attached hydrogen (secondary N) is 1. The van der Waals surface area contributed by atoms with Gasteiger partial charge in [0.2, 0.25) is 0 Å². The fourth-order valence-electron chi connectivity index (χ4n) is 3.57. The molecule has 118 valence electrons. The Morgan fingerprint density at radius 3 is 2.90 bits per heavy atom. The van der Waals surface area contributed by atoms with Crippen LogP contribution in [0.25, 0.3) is 0 Å². The Hall–Kier alpha value is -0.160. The minimum absolute atomic E-state index is 0.264. The van der Waals surface area contributed by atoms with E-state index in [1.54, 1.807) is 0 Å². The topological polar surface area (TPSA) is 44.7 Å². The zero-order chi connectivity index (χ0) is 14.4. The smallest absolute Gasteiger partial charge is 0.0546 e. The maximum atomic E-state index is 9.39. The summed E-state index contributed by atoms with van der Waals surface area (Å²) in [6, 6.07) is 0.528. The van der Waals surface area contributed by atoms with Crippen LogP contribution in [0.15, 0.2) is 0 Å². The highest BCUT2D eigenvalue weighted by Gasteiger charge is 2.35.